The summed E-state index contributed by atoms with van der Waals surface area (Å²) in [5.74, 6) is 0.0406. The number of hydrogen-bond acceptors (Lipinski definition) is 4. The standard InChI is InChI=1S/C16H31N3O2/c1-16(2,3)8-12(17)7-15(20)18-9-14-10-19-6-4-5-13(19)11-21-14/h12-14H,4-11,17H2,1-3H3,(H,18,20). The Kier molecular flexibility index (Phi) is 5.63. The summed E-state index contributed by atoms with van der Waals surface area (Å²) in [6, 6.07) is 0.539. The number of rotatable bonds is 5. The topological polar surface area (TPSA) is 67.6 Å². The molecule has 3 atom stereocenters. The summed E-state index contributed by atoms with van der Waals surface area (Å²) in [6.07, 6.45) is 3.91. The highest BCUT2D eigenvalue weighted by Crippen LogP contribution is 2.22. The summed E-state index contributed by atoms with van der Waals surface area (Å²) in [4.78, 5) is 14.4. The molecule has 2 aliphatic rings. The number of carbonyl (C=O) groups is 1. The second-order valence-electron chi connectivity index (χ2n) is 7.78. The predicted molar refractivity (Wildman–Crippen MR) is 84.0 cm³/mol. The van der Waals surface area contributed by atoms with Crippen molar-refractivity contribution in [2.75, 3.05) is 26.2 Å². The van der Waals surface area contributed by atoms with Gasteiger partial charge < -0.3 is 15.8 Å². The van der Waals surface area contributed by atoms with Crippen LogP contribution in [0, 0.1) is 5.41 Å². The number of morpholine rings is 1. The van der Waals surface area contributed by atoms with Crippen molar-refractivity contribution in [1.29, 1.82) is 0 Å². The third-order valence-electron chi connectivity index (χ3n) is 4.31. The van der Waals surface area contributed by atoms with Crippen molar-refractivity contribution >= 4 is 5.91 Å². The van der Waals surface area contributed by atoms with E-state index in [1.54, 1.807) is 0 Å². The third kappa shape index (κ3) is 5.57. The van der Waals surface area contributed by atoms with Gasteiger partial charge in [0.1, 0.15) is 0 Å². The van der Waals surface area contributed by atoms with Crippen molar-refractivity contribution in [3.63, 3.8) is 0 Å². The van der Waals surface area contributed by atoms with E-state index in [0.717, 1.165) is 19.6 Å². The molecule has 0 aromatic carbocycles. The van der Waals surface area contributed by atoms with Crippen LogP contribution in [0.3, 0.4) is 0 Å². The summed E-state index contributed by atoms with van der Waals surface area (Å²) < 4.78 is 5.84. The minimum Gasteiger partial charge on any atom is -0.373 e. The Morgan fingerprint density at radius 1 is 1.48 bits per heavy atom. The maximum atomic E-state index is 11.9. The van der Waals surface area contributed by atoms with Gasteiger partial charge in [0.2, 0.25) is 5.91 Å². The van der Waals surface area contributed by atoms with Crippen LogP contribution >= 0.6 is 0 Å². The van der Waals surface area contributed by atoms with Gasteiger partial charge in [-0.3, -0.25) is 9.69 Å². The Hall–Kier alpha value is -0.650. The van der Waals surface area contributed by atoms with Crippen LogP contribution in [0.1, 0.15) is 46.5 Å². The molecule has 0 radical (unpaired) electrons. The summed E-state index contributed by atoms with van der Waals surface area (Å²) >= 11 is 0. The fraction of sp³-hybridized carbons (Fsp3) is 0.938. The maximum Gasteiger partial charge on any atom is 0.221 e. The van der Waals surface area contributed by atoms with Crippen LogP contribution in [0.25, 0.3) is 0 Å². The fourth-order valence-electron chi connectivity index (χ4n) is 3.41. The molecule has 2 heterocycles. The lowest BCUT2D eigenvalue weighted by atomic mass is 9.87. The van der Waals surface area contributed by atoms with Gasteiger partial charge in [0.05, 0.1) is 12.7 Å². The van der Waals surface area contributed by atoms with E-state index in [9.17, 15) is 4.79 Å². The Labute approximate surface area is 128 Å². The average Bonchev–Trinajstić information content (AvgIpc) is 2.81. The van der Waals surface area contributed by atoms with Gasteiger partial charge in [0.15, 0.2) is 0 Å². The minimum atomic E-state index is -0.0692. The SMILES string of the molecule is CC(C)(C)CC(N)CC(=O)NCC1CN2CCCC2CO1. The van der Waals surface area contributed by atoms with E-state index >= 15 is 0 Å². The Balaban J connectivity index is 1.65. The Morgan fingerprint density at radius 3 is 2.95 bits per heavy atom. The largest absolute Gasteiger partial charge is 0.373 e. The third-order valence-corrected chi connectivity index (χ3v) is 4.31. The lowest BCUT2D eigenvalue weighted by molar-refractivity contribution is -0.123. The van der Waals surface area contributed by atoms with Crippen molar-refractivity contribution < 1.29 is 9.53 Å². The van der Waals surface area contributed by atoms with E-state index < -0.39 is 0 Å². The average molecular weight is 297 g/mol. The van der Waals surface area contributed by atoms with E-state index in [1.807, 2.05) is 0 Å². The molecule has 0 saturated carbocycles. The zero-order valence-electron chi connectivity index (χ0n) is 13.7. The summed E-state index contributed by atoms with van der Waals surface area (Å²) in [7, 11) is 0. The normalized spacial score (nSPS) is 28.2. The summed E-state index contributed by atoms with van der Waals surface area (Å²) in [6.45, 7) is 9.97. The van der Waals surface area contributed by atoms with E-state index in [1.165, 1.54) is 19.4 Å². The lowest BCUT2D eigenvalue weighted by Crippen LogP contribution is -2.50. The molecule has 2 saturated heterocycles. The summed E-state index contributed by atoms with van der Waals surface area (Å²) in [5, 5.41) is 2.98. The molecule has 21 heavy (non-hydrogen) atoms. The molecule has 122 valence electrons. The summed E-state index contributed by atoms with van der Waals surface area (Å²) in [5.41, 5.74) is 6.20. The molecule has 2 rings (SSSR count). The molecule has 0 aliphatic carbocycles. The van der Waals surface area contributed by atoms with E-state index in [2.05, 4.69) is 31.0 Å². The second kappa shape index (κ2) is 7.07. The van der Waals surface area contributed by atoms with Gasteiger partial charge in [-0.25, -0.2) is 0 Å². The molecule has 5 heteroatoms. The zero-order valence-corrected chi connectivity index (χ0v) is 13.7. The molecular formula is C16H31N3O2. The van der Waals surface area contributed by atoms with Crippen molar-refractivity contribution in [3.05, 3.63) is 0 Å². The number of amides is 1. The molecular weight excluding hydrogens is 266 g/mol. The number of carbonyl (C=O) groups excluding carboxylic acids is 1. The zero-order chi connectivity index (χ0) is 15.5. The van der Waals surface area contributed by atoms with Crippen LogP contribution in [0.15, 0.2) is 0 Å². The van der Waals surface area contributed by atoms with Gasteiger partial charge in [-0.15, -0.1) is 0 Å². The smallest absolute Gasteiger partial charge is 0.221 e. The first kappa shape index (κ1) is 16.7. The molecule has 0 spiro atoms. The molecule has 3 unspecified atom stereocenters. The maximum absolute atomic E-state index is 11.9. The van der Waals surface area contributed by atoms with Crippen LogP contribution in [-0.2, 0) is 9.53 Å². The molecule has 5 nitrogen and oxygen atoms in total. The van der Waals surface area contributed by atoms with E-state index in [-0.39, 0.29) is 23.5 Å². The van der Waals surface area contributed by atoms with Crippen LogP contribution in [0.2, 0.25) is 0 Å². The predicted octanol–water partition coefficient (Wildman–Crippen LogP) is 1.12. The van der Waals surface area contributed by atoms with Gasteiger partial charge in [-0.05, 0) is 31.2 Å². The quantitative estimate of drug-likeness (QED) is 0.798. The number of nitrogens with one attached hydrogen (secondary N) is 1. The Morgan fingerprint density at radius 2 is 2.24 bits per heavy atom. The molecule has 2 fully saturated rings. The molecule has 3 N–H and O–H groups in total. The fourth-order valence-corrected chi connectivity index (χ4v) is 3.41. The monoisotopic (exact) mass is 297 g/mol. The van der Waals surface area contributed by atoms with Gasteiger partial charge in [-0.1, -0.05) is 20.8 Å². The van der Waals surface area contributed by atoms with Crippen LogP contribution in [-0.4, -0.2) is 55.2 Å². The first-order valence-corrected chi connectivity index (χ1v) is 8.21. The van der Waals surface area contributed by atoms with Gasteiger partial charge in [-0.2, -0.15) is 0 Å². The van der Waals surface area contributed by atoms with Crippen LogP contribution in [0.4, 0.5) is 0 Å². The second-order valence-corrected chi connectivity index (χ2v) is 7.78. The highest BCUT2D eigenvalue weighted by Gasteiger charge is 2.32. The molecule has 0 bridgehead atoms. The number of hydrogen-bond donors (Lipinski definition) is 2. The number of nitrogens with two attached hydrogens (primary N) is 1. The first-order chi connectivity index (χ1) is 9.83. The van der Waals surface area contributed by atoms with Crippen molar-refractivity contribution in [2.24, 2.45) is 11.1 Å². The number of fused-ring (bicyclic) bond motifs is 1. The van der Waals surface area contributed by atoms with Crippen LogP contribution in [0.5, 0.6) is 0 Å². The van der Waals surface area contributed by atoms with Crippen LogP contribution < -0.4 is 11.1 Å². The molecule has 2 aliphatic heterocycles. The number of nitrogens with zero attached hydrogens (tertiary/aromatic N) is 1. The number of ether oxygens (including phenoxy) is 1. The lowest BCUT2D eigenvalue weighted by Gasteiger charge is -2.35. The molecule has 0 aromatic rings. The van der Waals surface area contributed by atoms with Crippen molar-refractivity contribution in [1.82, 2.24) is 10.2 Å². The van der Waals surface area contributed by atoms with Crippen molar-refractivity contribution in [2.45, 2.75) is 64.6 Å². The first-order valence-electron chi connectivity index (χ1n) is 8.21. The van der Waals surface area contributed by atoms with Gasteiger partial charge in [0.25, 0.3) is 0 Å². The van der Waals surface area contributed by atoms with E-state index in [0.29, 0.717) is 19.0 Å². The minimum absolute atomic E-state index is 0.0406. The Bertz CT molecular complexity index is 354. The van der Waals surface area contributed by atoms with Gasteiger partial charge >= 0.3 is 0 Å². The highest BCUT2D eigenvalue weighted by atomic mass is 16.5. The van der Waals surface area contributed by atoms with Crippen molar-refractivity contribution in [3.8, 4) is 0 Å². The molecule has 0 aromatic heterocycles. The van der Waals surface area contributed by atoms with E-state index in [4.69, 9.17) is 10.5 Å². The van der Waals surface area contributed by atoms with Gasteiger partial charge in [0, 0.05) is 31.6 Å². The highest BCUT2D eigenvalue weighted by molar-refractivity contribution is 5.76. The molecule has 1 amide bonds.